The molecule has 0 aliphatic carbocycles. The van der Waals surface area contributed by atoms with E-state index in [1.54, 1.807) is 18.0 Å². The summed E-state index contributed by atoms with van der Waals surface area (Å²) in [6.45, 7) is 2.16. The van der Waals surface area contributed by atoms with E-state index in [1.807, 2.05) is 18.1 Å². The number of rotatable bonds is 3. The number of carbonyl (C=O) groups excluding carboxylic acids is 1. The zero-order valence-electron chi connectivity index (χ0n) is 12.7. The Kier molecular flexibility index (Phi) is 4.26. The molecule has 1 aromatic heterocycles. The van der Waals surface area contributed by atoms with Crippen LogP contribution in [0.5, 0.6) is 0 Å². The molecule has 116 valence electrons. The van der Waals surface area contributed by atoms with Gasteiger partial charge in [0.1, 0.15) is 0 Å². The Morgan fingerprint density at radius 2 is 2.33 bits per heavy atom. The van der Waals surface area contributed by atoms with Crippen LogP contribution in [0.2, 0.25) is 0 Å². The average Bonchev–Trinajstić information content (AvgIpc) is 3.15. The van der Waals surface area contributed by atoms with Gasteiger partial charge in [-0.3, -0.25) is 9.48 Å². The van der Waals surface area contributed by atoms with E-state index in [2.05, 4.69) is 5.10 Å². The van der Waals surface area contributed by atoms with Crippen LogP contribution in [0.25, 0.3) is 0 Å². The molecule has 2 fully saturated rings. The summed E-state index contributed by atoms with van der Waals surface area (Å²) in [6, 6.07) is 0. The number of piperidine rings is 1. The quantitative estimate of drug-likeness (QED) is 0.838. The summed E-state index contributed by atoms with van der Waals surface area (Å²) < 4.78 is 13.0. The number of methoxy groups -OCH3 is 1. The highest BCUT2D eigenvalue weighted by atomic mass is 16.5. The Morgan fingerprint density at radius 3 is 3.05 bits per heavy atom. The lowest BCUT2D eigenvalue weighted by Gasteiger charge is -2.34. The van der Waals surface area contributed by atoms with Crippen LogP contribution in [0, 0.1) is 5.92 Å². The average molecular weight is 293 g/mol. The number of ether oxygens (including phenoxy) is 2. The van der Waals surface area contributed by atoms with Gasteiger partial charge >= 0.3 is 0 Å². The summed E-state index contributed by atoms with van der Waals surface area (Å²) in [7, 11) is 3.60. The van der Waals surface area contributed by atoms with Crippen LogP contribution in [0.3, 0.4) is 0 Å². The van der Waals surface area contributed by atoms with E-state index in [0.29, 0.717) is 13.2 Å². The lowest BCUT2D eigenvalue weighted by atomic mass is 9.94. The predicted octanol–water partition coefficient (Wildman–Crippen LogP) is 1.14. The number of likely N-dealkylation sites (tertiary alicyclic amines) is 1. The van der Waals surface area contributed by atoms with Crippen molar-refractivity contribution in [2.75, 3.05) is 26.8 Å². The molecule has 21 heavy (non-hydrogen) atoms. The Morgan fingerprint density at radius 1 is 1.48 bits per heavy atom. The monoisotopic (exact) mass is 293 g/mol. The van der Waals surface area contributed by atoms with Crippen LogP contribution >= 0.6 is 0 Å². The summed E-state index contributed by atoms with van der Waals surface area (Å²) in [5, 5.41) is 4.18. The van der Waals surface area contributed by atoms with E-state index in [-0.39, 0.29) is 24.0 Å². The molecular formula is C15H23N3O3. The minimum Gasteiger partial charge on any atom is -0.380 e. The smallest absolute Gasteiger partial charge is 0.228 e. The largest absolute Gasteiger partial charge is 0.380 e. The van der Waals surface area contributed by atoms with E-state index < -0.39 is 0 Å². The minimum absolute atomic E-state index is 0.0928. The first kappa shape index (κ1) is 14.5. The van der Waals surface area contributed by atoms with Gasteiger partial charge in [-0.25, -0.2) is 0 Å². The highest BCUT2D eigenvalue weighted by Crippen LogP contribution is 2.36. The summed E-state index contributed by atoms with van der Waals surface area (Å²) in [5.41, 5.74) is 0.994. The van der Waals surface area contributed by atoms with Crippen LogP contribution in [0.15, 0.2) is 12.4 Å². The van der Waals surface area contributed by atoms with Crippen molar-refractivity contribution in [1.29, 1.82) is 0 Å². The molecule has 0 aromatic carbocycles. The van der Waals surface area contributed by atoms with Crippen molar-refractivity contribution in [3.8, 4) is 0 Å². The Balaban J connectivity index is 1.71. The second kappa shape index (κ2) is 6.15. The fraction of sp³-hybridized carbons (Fsp3) is 0.733. The van der Waals surface area contributed by atoms with Crippen molar-refractivity contribution in [3.05, 3.63) is 18.0 Å². The zero-order chi connectivity index (χ0) is 14.8. The fourth-order valence-corrected chi connectivity index (χ4v) is 3.32. The normalized spacial score (nSPS) is 29.8. The van der Waals surface area contributed by atoms with Crippen LogP contribution < -0.4 is 0 Å². The molecule has 0 saturated carbocycles. The third-order valence-electron chi connectivity index (χ3n) is 4.49. The molecule has 2 saturated heterocycles. The number of amides is 1. The van der Waals surface area contributed by atoms with Gasteiger partial charge in [-0.2, -0.15) is 5.10 Å². The maximum absolute atomic E-state index is 12.8. The van der Waals surface area contributed by atoms with Crippen molar-refractivity contribution in [3.63, 3.8) is 0 Å². The maximum atomic E-state index is 12.8. The molecule has 3 atom stereocenters. The van der Waals surface area contributed by atoms with Gasteiger partial charge in [0.25, 0.3) is 0 Å². The van der Waals surface area contributed by atoms with E-state index in [9.17, 15) is 4.79 Å². The first-order valence-corrected chi connectivity index (χ1v) is 7.60. The highest BCUT2D eigenvalue weighted by molar-refractivity contribution is 5.80. The van der Waals surface area contributed by atoms with Crippen LogP contribution in [-0.2, 0) is 21.3 Å². The molecule has 3 rings (SSSR count). The Bertz CT molecular complexity index is 502. The molecule has 0 N–H and O–H groups in total. The van der Waals surface area contributed by atoms with Crippen molar-refractivity contribution in [2.45, 2.75) is 31.5 Å². The van der Waals surface area contributed by atoms with Crippen molar-refractivity contribution < 1.29 is 14.3 Å². The van der Waals surface area contributed by atoms with Crippen molar-refractivity contribution in [1.82, 2.24) is 14.7 Å². The maximum Gasteiger partial charge on any atom is 0.228 e. The number of aryl methyl sites for hydroxylation is 1. The van der Waals surface area contributed by atoms with Gasteiger partial charge in [0, 0.05) is 45.6 Å². The van der Waals surface area contributed by atoms with Crippen molar-refractivity contribution in [2.24, 2.45) is 13.0 Å². The Labute approximate surface area is 125 Å². The van der Waals surface area contributed by atoms with Gasteiger partial charge in [-0.15, -0.1) is 0 Å². The number of aromatic nitrogens is 2. The van der Waals surface area contributed by atoms with E-state index >= 15 is 0 Å². The van der Waals surface area contributed by atoms with Crippen LogP contribution in [0.4, 0.5) is 0 Å². The van der Waals surface area contributed by atoms with Crippen LogP contribution in [-0.4, -0.2) is 53.5 Å². The van der Waals surface area contributed by atoms with Gasteiger partial charge in [0.15, 0.2) is 0 Å². The minimum atomic E-state index is -0.158. The molecule has 0 radical (unpaired) electrons. The summed E-state index contributed by atoms with van der Waals surface area (Å²) in [5.74, 6) is 0.105. The van der Waals surface area contributed by atoms with E-state index in [0.717, 1.165) is 31.4 Å². The second-order valence-corrected chi connectivity index (χ2v) is 5.92. The zero-order valence-corrected chi connectivity index (χ0v) is 12.7. The lowest BCUT2D eigenvalue weighted by molar-refractivity contribution is -0.141. The second-order valence-electron chi connectivity index (χ2n) is 5.92. The number of hydrogen-bond donors (Lipinski definition) is 0. The number of nitrogens with zero attached hydrogens (tertiary/aromatic N) is 3. The topological polar surface area (TPSA) is 56.6 Å². The van der Waals surface area contributed by atoms with Gasteiger partial charge in [-0.1, -0.05) is 0 Å². The lowest BCUT2D eigenvalue weighted by Crippen LogP contribution is -2.45. The molecule has 0 spiro atoms. The molecule has 1 aromatic rings. The third-order valence-corrected chi connectivity index (χ3v) is 4.49. The SMILES string of the molecule is CO[C@@H]1CCCN(C(=O)[C@H]2CCO[C@@H]2c2cnn(C)c2)C1. The van der Waals surface area contributed by atoms with Crippen LogP contribution in [0.1, 0.15) is 30.9 Å². The molecule has 0 bridgehead atoms. The molecule has 6 heteroatoms. The molecular weight excluding hydrogens is 270 g/mol. The van der Waals surface area contributed by atoms with Gasteiger partial charge < -0.3 is 14.4 Å². The first-order valence-electron chi connectivity index (χ1n) is 7.60. The van der Waals surface area contributed by atoms with Gasteiger partial charge in [0.05, 0.1) is 24.3 Å². The van der Waals surface area contributed by atoms with Crippen molar-refractivity contribution >= 4 is 5.91 Å². The summed E-state index contributed by atoms with van der Waals surface area (Å²) in [4.78, 5) is 14.8. The fourth-order valence-electron chi connectivity index (χ4n) is 3.32. The molecule has 2 aliphatic rings. The van der Waals surface area contributed by atoms with Gasteiger partial charge in [0.2, 0.25) is 5.91 Å². The molecule has 0 unspecified atom stereocenters. The van der Waals surface area contributed by atoms with E-state index in [4.69, 9.17) is 9.47 Å². The van der Waals surface area contributed by atoms with E-state index in [1.165, 1.54) is 0 Å². The first-order chi connectivity index (χ1) is 10.2. The standard InChI is InChI=1S/C15H23N3O3/c1-17-9-11(8-16-17)14-13(5-7-21-14)15(19)18-6-3-4-12(10-18)20-2/h8-9,12-14H,3-7,10H2,1-2H3/t12-,13+,14-/m1/s1. The predicted molar refractivity (Wildman–Crippen MR) is 76.6 cm³/mol. The summed E-state index contributed by atoms with van der Waals surface area (Å²) >= 11 is 0. The van der Waals surface area contributed by atoms with Gasteiger partial charge in [-0.05, 0) is 19.3 Å². The molecule has 3 heterocycles. The number of hydrogen-bond acceptors (Lipinski definition) is 4. The molecule has 1 amide bonds. The highest BCUT2D eigenvalue weighted by Gasteiger charge is 2.39. The molecule has 2 aliphatic heterocycles. The Hall–Kier alpha value is -1.40. The third kappa shape index (κ3) is 2.96. The molecule has 6 nitrogen and oxygen atoms in total. The number of carbonyl (C=O) groups is 1. The summed E-state index contributed by atoms with van der Waals surface area (Å²) in [6.07, 6.45) is 6.57.